The average Bonchev–Trinajstić information content (AvgIpc) is 1.90. The molecule has 3 heteroatoms. The Balaban J connectivity index is 2.18. The molecule has 2 unspecified atom stereocenters. The Hall–Kier alpha value is 0.755. The van der Waals surface area contributed by atoms with Gasteiger partial charge in [-0.15, -0.1) is 0 Å². The standard InChI is InChI=1S/C6H10BIO/c7-5-1-2-6(3-8)9-4-5/h5-6H,1-4H2. The summed E-state index contributed by atoms with van der Waals surface area (Å²) in [6.45, 7) is 0.758. The predicted molar refractivity (Wildman–Crippen MR) is 47.4 cm³/mol. The van der Waals surface area contributed by atoms with Crippen LogP contribution in [0.25, 0.3) is 0 Å². The lowest BCUT2D eigenvalue weighted by molar-refractivity contribution is 0.0340. The van der Waals surface area contributed by atoms with E-state index in [1.54, 1.807) is 0 Å². The maximum Gasteiger partial charge on any atom is 0.0730 e. The van der Waals surface area contributed by atoms with Gasteiger partial charge in [-0.25, -0.2) is 0 Å². The monoisotopic (exact) mass is 236 g/mol. The Morgan fingerprint density at radius 3 is 2.78 bits per heavy atom. The van der Waals surface area contributed by atoms with Gasteiger partial charge in [0.25, 0.3) is 0 Å². The van der Waals surface area contributed by atoms with Gasteiger partial charge in [0.2, 0.25) is 0 Å². The number of hydrogen-bond acceptors (Lipinski definition) is 1. The highest BCUT2D eigenvalue weighted by atomic mass is 127. The molecule has 0 aromatic heterocycles. The fourth-order valence-electron chi connectivity index (χ4n) is 0.948. The molecule has 0 bridgehead atoms. The van der Waals surface area contributed by atoms with Crippen molar-refractivity contribution in [2.24, 2.45) is 0 Å². The summed E-state index contributed by atoms with van der Waals surface area (Å²) in [5.74, 6) is 0.296. The van der Waals surface area contributed by atoms with Crippen LogP contribution in [0, 0.1) is 0 Å². The molecule has 9 heavy (non-hydrogen) atoms. The molecule has 0 aromatic rings. The first kappa shape index (κ1) is 7.86. The van der Waals surface area contributed by atoms with E-state index in [-0.39, 0.29) is 0 Å². The lowest BCUT2D eigenvalue weighted by Crippen LogP contribution is -2.23. The van der Waals surface area contributed by atoms with E-state index in [1.807, 2.05) is 0 Å². The number of alkyl halides is 1. The summed E-state index contributed by atoms with van der Waals surface area (Å²) in [6.07, 6.45) is 2.75. The topological polar surface area (TPSA) is 9.23 Å². The first-order valence-electron chi connectivity index (χ1n) is 3.26. The van der Waals surface area contributed by atoms with Crippen molar-refractivity contribution in [3.8, 4) is 0 Å². The van der Waals surface area contributed by atoms with Crippen LogP contribution in [0.4, 0.5) is 0 Å². The molecule has 0 N–H and O–H groups in total. The van der Waals surface area contributed by atoms with Crippen LogP contribution in [0.1, 0.15) is 12.8 Å². The third-order valence-corrected chi connectivity index (χ3v) is 2.56. The van der Waals surface area contributed by atoms with Crippen molar-refractivity contribution in [2.45, 2.75) is 24.8 Å². The van der Waals surface area contributed by atoms with Crippen molar-refractivity contribution < 1.29 is 4.74 Å². The number of hydrogen-bond donors (Lipinski definition) is 0. The van der Waals surface area contributed by atoms with Crippen LogP contribution in [0.3, 0.4) is 0 Å². The molecule has 1 rings (SSSR count). The second kappa shape index (κ2) is 3.81. The molecular formula is C6H10BIO. The van der Waals surface area contributed by atoms with E-state index in [0.29, 0.717) is 11.9 Å². The number of rotatable bonds is 1. The zero-order valence-corrected chi connectivity index (χ0v) is 7.50. The molecule has 2 radical (unpaired) electrons. The SMILES string of the molecule is [B]C1CCC(CI)OC1. The van der Waals surface area contributed by atoms with Crippen LogP contribution in [0.2, 0.25) is 5.82 Å². The highest BCUT2D eigenvalue weighted by Gasteiger charge is 2.16. The zero-order valence-electron chi connectivity index (χ0n) is 5.35. The van der Waals surface area contributed by atoms with Crippen LogP contribution >= 0.6 is 22.6 Å². The molecule has 1 aliphatic heterocycles. The van der Waals surface area contributed by atoms with Gasteiger partial charge >= 0.3 is 0 Å². The molecule has 1 nitrogen and oxygen atoms in total. The smallest absolute Gasteiger partial charge is 0.0730 e. The molecule has 0 aliphatic carbocycles. The molecule has 0 amide bonds. The molecule has 1 fully saturated rings. The second-order valence-corrected chi connectivity index (χ2v) is 3.33. The van der Waals surface area contributed by atoms with E-state index in [2.05, 4.69) is 22.6 Å². The first-order chi connectivity index (χ1) is 4.33. The van der Waals surface area contributed by atoms with E-state index < -0.39 is 0 Å². The number of halogens is 1. The Bertz CT molecular complexity index is 81.1. The summed E-state index contributed by atoms with van der Waals surface area (Å²) in [6, 6.07) is 0. The van der Waals surface area contributed by atoms with Gasteiger partial charge in [0, 0.05) is 11.0 Å². The van der Waals surface area contributed by atoms with E-state index >= 15 is 0 Å². The number of ether oxygens (including phenoxy) is 1. The molecule has 1 heterocycles. The van der Waals surface area contributed by atoms with Gasteiger partial charge in [-0.1, -0.05) is 34.8 Å². The third kappa shape index (κ3) is 2.46. The first-order valence-corrected chi connectivity index (χ1v) is 4.78. The summed E-state index contributed by atoms with van der Waals surface area (Å²) in [5.41, 5.74) is 0. The lowest BCUT2D eigenvalue weighted by atomic mass is 9.82. The van der Waals surface area contributed by atoms with Gasteiger partial charge in [0.15, 0.2) is 0 Å². The van der Waals surface area contributed by atoms with Gasteiger partial charge in [-0.05, 0) is 6.42 Å². The molecular weight excluding hydrogens is 226 g/mol. The van der Waals surface area contributed by atoms with E-state index in [0.717, 1.165) is 23.9 Å². The predicted octanol–water partition coefficient (Wildman–Crippen LogP) is 1.56. The van der Waals surface area contributed by atoms with Gasteiger partial charge in [-0.2, -0.15) is 0 Å². The molecule has 1 saturated heterocycles. The summed E-state index contributed by atoms with van der Waals surface area (Å²) >= 11 is 2.35. The Kier molecular flexibility index (Phi) is 3.33. The summed E-state index contributed by atoms with van der Waals surface area (Å²) in [5, 5.41) is 0. The van der Waals surface area contributed by atoms with Crippen molar-refractivity contribution in [3.05, 3.63) is 0 Å². The van der Waals surface area contributed by atoms with Crippen LogP contribution < -0.4 is 0 Å². The molecule has 0 spiro atoms. The minimum absolute atomic E-state index is 0.296. The van der Waals surface area contributed by atoms with Crippen LogP contribution in [0.5, 0.6) is 0 Å². The molecule has 0 aromatic carbocycles. The molecule has 2 atom stereocenters. The quantitative estimate of drug-likeness (QED) is 0.381. The van der Waals surface area contributed by atoms with Crippen molar-refractivity contribution >= 4 is 30.4 Å². The van der Waals surface area contributed by atoms with Crippen LogP contribution in [0.15, 0.2) is 0 Å². The van der Waals surface area contributed by atoms with E-state index in [4.69, 9.17) is 12.6 Å². The third-order valence-electron chi connectivity index (χ3n) is 1.58. The highest BCUT2D eigenvalue weighted by Crippen LogP contribution is 2.21. The summed E-state index contributed by atoms with van der Waals surface area (Å²) in [4.78, 5) is 0. The van der Waals surface area contributed by atoms with Crippen molar-refractivity contribution in [1.82, 2.24) is 0 Å². The Morgan fingerprint density at radius 1 is 1.56 bits per heavy atom. The van der Waals surface area contributed by atoms with Gasteiger partial charge in [0.1, 0.15) is 0 Å². The van der Waals surface area contributed by atoms with Crippen LogP contribution in [-0.2, 0) is 4.74 Å². The average molecular weight is 236 g/mol. The van der Waals surface area contributed by atoms with Gasteiger partial charge in [-0.3, -0.25) is 0 Å². The Labute approximate surface area is 71.1 Å². The molecule has 50 valence electrons. The minimum Gasteiger partial charge on any atom is -0.378 e. The van der Waals surface area contributed by atoms with Crippen molar-refractivity contribution in [1.29, 1.82) is 0 Å². The molecule has 1 aliphatic rings. The zero-order chi connectivity index (χ0) is 6.69. The fourth-order valence-corrected chi connectivity index (χ4v) is 1.64. The van der Waals surface area contributed by atoms with Gasteiger partial charge < -0.3 is 4.74 Å². The van der Waals surface area contributed by atoms with E-state index in [9.17, 15) is 0 Å². The van der Waals surface area contributed by atoms with E-state index in [1.165, 1.54) is 0 Å². The molecule has 0 saturated carbocycles. The fraction of sp³-hybridized carbons (Fsp3) is 1.00. The Morgan fingerprint density at radius 2 is 2.33 bits per heavy atom. The minimum atomic E-state index is 0.296. The summed E-state index contributed by atoms with van der Waals surface area (Å²) in [7, 11) is 5.62. The highest BCUT2D eigenvalue weighted by molar-refractivity contribution is 14.1. The van der Waals surface area contributed by atoms with Crippen molar-refractivity contribution in [3.63, 3.8) is 0 Å². The largest absolute Gasteiger partial charge is 0.378 e. The van der Waals surface area contributed by atoms with Gasteiger partial charge in [0.05, 0.1) is 14.0 Å². The van der Waals surface area contributed by atoms with Crippen molar-refractivity contribution in [2.75, 3.05) is 11.0 Å². The van der Waals surface area contributed by atoms with Crippen LogP contribution in [-0.4, -0.2) is 25.0 Å². The normalized spacial score (nSPS) is 36.6. The maximum atomic E-state index is 5.62. The second-order valence-electron chi connectivity index (χ2n) is 2.45. The lowest BCUT2D eigenvalue weighted by Gasteiger charge is -2.25. The maximum absolute atomic E-state index is 5.62. The summed E-state index contributed by atoms with van der Waals surface area (Å²) < 4.78 is 6.51.